The molecule has 0 unspecified atom stereocenters. The number of rotatable bonds is 5. The second-order valence-electron chi connectivity index (χ2n) is 4.36. The zero-order chi connectivity index (χ0) is 11.9. The van der Waals surface area contributed by atoms with E-state index in [-0.39, 0.29) is 0 Å². The van der Waals surface area contributed by atoms with Gasteiger partial charge in [0, 0.05) is 6.54 Å². The van der Waals surface area contributed by atoms with Gasteiger partial charge >= 0.3 is 0 Å². The molecule has 17 heavy (non-hydrogen) atoms. The van der Waals surface area contributed by atoms with E-state index in [1.807, 2.05) is 12.1 Å². The first-order chi connectivity index (χ1) is 8.38. The fourth-order valence-electron chi connectivity index (χ4n) is 2.08. The summed E-state index contributed by atoms with van der Waals surface area (Å²) in [5.41, 5.74) is 5.15. The maximum Gasteiger partial charge on any atom is 0.140 e. The van der Waals surface area contributed by atoms with E-state index in [0.717, 1.165) is 18.7 Å². The third-order valence-corrected chi connectivity index (χ3v) is 3.07. The van der Waals surface area contributed by atoms with Crippen LogP contribution < -0.4 is 16.6 Å². The number of nitrogens with one attached hydrogen (secondary N) is 2. The first-order valence-electron chi connectivity index (χ1n) is 6.23. The van der Waals surface area contributed by atoms with Gasteiger partial charge in [0.2, 0.25) is 0 Å². The summed E-state index contributed by atoms with van der Waals surface area (Å²) < 4.78 is 0. The lowest BCUT2D eigenvalue weighted by atomic mass is 9.97. The molecule has 4 N–H and O–H groups in total. The molecule has 1 heterocycles. The van der Waals surface area contributed by atoms with Crippen LogP contribution in [0.1, 0.15) is 32.1 Å². The monoisotopic (exact) mass is 232 g/mol. The summed E-state index contributed by atoms with van der Waals surface area (Å²) in [4.78, 5) is 4.15. The molecule has 0 aromatic carbocycles. The lowest BCUT2D eigenvalue weighted by molar-refractivity contribution is 0.679. The van der Waals surface area contributed by atoms with Crippen LogP contribution in [0.3, 0.4) is 0 Å². The molecular weight excluding hydrogens is 212 g/mol. The van der Waals surface area contributed by atoms with E-state index in [4.69, 9.17) is 5.84 Å². The van der Waals surface area contributed by atoms with Gasteiger partial charge < -0.3 is 10.7 Å². The van der Waals surface area contributed by atoms with Gasteiger partial charge in [0.1, 0.15) is 5.82 Å². The fourth-order valence-corrected chi connectivity index (χ4v) is 2.08. The summed E-state index contributed by atoms with van der Waals surface area (Å²) in [7, 11) is 0. The van der Waals surface area contributed by atoms with Gasteiger partial charge in [-0.25, -0.2) is 10.8 Å². The number of allylic oxidation sites excluding steroid dienone is 1. The summed E-state index contributed by atoms with van der Waals surface area (Å²) in [6, 6.07) is 3.85. The highest BCUT2D eigenvalue weighted by Gasteiger charge is 2.03. The van der Waals surface area contributed by atoms with Crippen molar-refractivity contribution in [3.63, 3.8) is 0 Å². The number of nitrogens with two attached hydrogens (primary N) is 1. The van der Waals surface area contributed by atoms with Crippen LogP contribution in [0.15, 0.2) is 30.0 Å². The Labute approximate surface area is 102 Å². The largest absolute Gasteiger partial charge is 0.383 e. The molecule has 1 aliphatic carbocycles. The second-order valence-corrected chi connectivity index (χ2v) is 4.36. The molecule has 0 saturated heterocycles. The molecule has 92 valence electrons. The maximum atomic E-state index is 5.26. The Morgan fingerprint density at radius 2 is 2.24 bits per heavy atom. The molecular formula is C13H20N4. The van der Waals surface area contributed by atoms with Crippen LogP contribution in [0.2, 0.25) is 0 Å². The zero-order valence-electron chi connectivity index (χ0n) is 10.1. The number of anilines is 2. The number of nitrogen functional groups attached to an aromatic ring is 1. The number of hydrogen-bond donors (Lipinski definition) is 3. The predicted octanol–water partition coefficient (Wildman–Crippen LogP) is 2.67. The number of aromatic nitrogens is 1. The normalized spacial score (nSPS) is 15.2. The third-order valence-electron chi connectivity index (χ3n) is 3.07. The Kier molecular flexibility index (Phi) is 4.38. The molecule has 0 bridgehead atoms. The van der Waals surface area contributed by atoms with Crippen molar-refractivity contribution in [3.8, 4) is 0 Å². The van der Waals surface area contributed by atoms with Gasteiger partial charge in [0.15, 0.2) is 0 Å². The Hall–Kier alpha value is -1.55. The van der Waals surface area contributed by atoms with Gasteiger partial charge in [-0.05, 0) is 44.2 Å². The molecule has 0 radical (unpaired) electrons. The van der Waals surface area contributed by atoms with E-state index in [2.05, 4.69) is 21.8 Å². The molecule has 0 fully saturated rings. The molecule has 0 spiro atoms. The Balaban J connectivity index is 1.75. The van der Waals surface area contributed by atoms with E-state index in [9.17, 15) is 0 Å². The first kappa shape index (κ1) is 11.9. The standard InChI is InChI=1S/C13H20N4/c14-17-13-7-6-12(10-16-13)15-9-8-11-4-2-1-3-5-11/h4,6-7,10,15H,1-3,5,8-9,14H2,(H,16,17). The van der Waals surface area contributed by atoms with Crippen LogP contribution in [0.5, 0.6) is 0 Å². The summed E-state index contributed by atoms with van der Waals surface area (Å²) in [6.45, 7) is 0.975. The molecule has 1 aromatic heterocycles. The predicted molar refractivity (Wildman–Crippen MR) is 71.7 cm³/mol. The molecule has 1 aliphatic rings. The minimum absolute atomic E-state index is 0.686. The SMILES string of the molecule is NNc1ccc(NCCC2=CCCCC2)cn1. The molecule has 0 aliphatic heterocycles. The average Bonchev–Trinajstić information content (AvgIpc) is 2.41. The Morgan fingerprint density at radius 1 is 1.29 bits per heavy atom. The number of hydrogen-bond acceptors (Lipinski definition) is 4. The lowest BCUT2D eigenvalue weighted by Gasteiger charge is -2.13. The van der Waals surface area contributed by atoms with Crippen LogP contribution in [0.4, 0.5) is 11.5 Å². The van der Waals surface area contributed by atoms with E-state index in [1.54, 1.807) is 11.8 Å². The van der Waals surface area contributed by atoms with Crippen molar-refractivity contribution >= 4 is 11.5 Å². The van der Waals surface area contributed by atoms with E-state index >= 15 is 0 Å². The van der Waals surface area contributed by atoms with Crippen molar-refractivity contribution in [3.05, 3.63) is 30.0 Å². The van der Waals surface area contributed by atoms with Crippen molar-refractivity contribution < 1.29 is 0 Å². The van der Waals surface area contributed by atoms with Crippen molar-refractivity contribution in [2.45, 2.75) is 32.1 Å². The van der Waals surface area contributed by atoms with Crippen molar-refractivity contribution in [1.29, 1.82) is 0 Å². The summed E-state index contributed by atoms with van der Waals surface area (Å²) in [5.74, 6) is 5.94. The van der Waals surface area contributed by atoms with Gasteiger partial charge in [-0.1, -0.05) is 11.6 Å². The van der Waals surface area contributed by atoms with Gasteiger partial charge in [-0.2, -0.15) is 0 Å². The lowest BCUT2D eigenvalue weighted by Crippen LogP contribution is -2.09. The summed E-state index contributed by atoms with van der Waals surface area (Å²) >= 11 is 0. The summed E-state index contributed by atoms with van der Waals surface area (Å²) in [5, 5.41) is 3.37. The zero-order valence-corrected chi connectivity index (χ0v) is 10.1. The van der Waals surface area contributed by atoms with Crippen LogP contribution in [-0.4, -0.2) is 11.5 Å². The van der Waals surface area contributed by atoms with Gasteiger partial charge in [0.25, 0.3) is 0 Å². The van der Waals surface area contributed by atoms with Crippen LogP contribution in [0.25, 0.3) is 0 Å². The van der Waals surface area contributed by atoms with Crippen molar-refractivity contribution in [2.75, 3.05) is 17.3 Å². The van der Waals surface area contributed by atoms with Crippen LogP contribution in [0, 0.1) is 0 Å². The fraction of sp³-hybridized carbons (Fsp3) is 0.462. The topological polar surface area (TPSA) is 63.0 Å². The number of hydrazine groups is 1. The van der Waals surface area contributed by atoms with Gasteiger partial charge in [-0.3, -0.25) is 0 Å². The molecule has 4 heteroatoms. The average molecular weight is 232 g/mol. The summed E-state index contributed by atoms with van der Waals surface area (Å²) in [6.07, 6.45) is 10.6. The Bertz CT molecular complexity index is 370. The number of nitrogens with zero attached hydrogens (tertiary/aromatic N) is 1. The maximum absolute atomic E-state index is 5.26. The van der Waals surface area contributed by atoms with E-state index in [0.29, 0.717) is 5.82 Å². The van der Waals surface area contributed by atoms with E-state index < -0.39 is 0 Å². The van der Waals surface area contributed by atoms with Crippen LogP contribution in [-0.2, 0) is 0 Å². The highest BCUT2D eigenvalue weighted by molar-refractivity contribution is 5.46. The van der Waals surface area contributed by atoms with Crippen molar-refractivity contribution in [2.24, 2.45) is 5.84 Å². The van der Waals surface area contributed by atoms with Crippen LogP contribution >= 0.6 is 0 Å². The molecule has 4 nitrogen and oxygen atoms in total. The molecule has 2 rings (SSSR count). The quantitative estimate of drug-likeness (QED) is 0.415. The minimum Gasteiger partial charge on any atom is -0.383 e. The first-order valence-corrected chi connectivity index (χ1v) is 6.23. The number of pyridine rings is 1. The highest BCUT2D eigenvalue weighted by Crippen LogP contribution is 2.20. The molecule has 0 amide bonds. The Morgan fingerprint density at radius 3 is 2.88 bits per heavy atom. The molecule has 1 aromatic rings. The second kappa shape index (κ2) is 6.25. The smallest absolute Gasteiger partial charge is 0.140 e. The highest BCUT2D eigenvalue weighted by atomic mass is 15.2. The third kappa shape index (κ3) is 3.75. The van der Waals surface area contributed by atoms with Gasteiger partial charge in [-0.15, -0.1) is 0 Å². The molecule has 0 atom stereocenters. The van der Waals surface area contributed by atoms with Crippen molar-refractivity contribution in [1.82, 2.24) is 4.98 Å². The van der Waals surface area contributed by atoms with E-state index in [1.165, 1.54) is 25.7 Å². The minimum atomic E-state index is 0.686. The van der Waals surface area contributed by atoms with Gasteiger partial charge in [0.05, 0.1) is 11.9 Å². The molecule has 0 saturated carbocycles.